The maximum absolute atomic E-state index is 5.00. The fourth-order valence-electron chi connectivity index (χ4n) is 8.71. The van der Waals surface area contributed by atoms with Gasteiger partial charge >= 0.3 is 0 Å². The van der Waals surface area contributed by atoms with Crippen LogP contribution < -0.4 is 0 Å². The SMILES string of the molecule is CCCCc1ccc(-c2c(C)cc(C3(c4cc(C)c(-c5ccc(CCCC)cn5)c(C)c4)c4cc(C)ccc4-c4ccc(C)cc43)cc2C)nc1. The number of fused-ring (bicyclic) bond motifs is 3. The largest absolute Gasteiger partial charge is 0.256 e. The highest BCUT2D eigenvalue weighted by Gasteiger charge is 2.47. The predicted octanol–water partition coefficient (Wildman–Crippen LogP) is 12.7. The van der Waals surface area contributed by atoms with Crippen molar-refractivity contribution in [2.45, 2.75) is 99.3 Å². The Labute approximate surface area is 306 Å². The zero-order valence-electron chi connectivity index (χ0n) is 31.9. The molecule has 0 atom stereocenters. The third kappa shape index (κ3) is 6.13. The van der Waals surface area contributed by atoms with E-state index in [1.54, 1.807) is 0 Å². The van der Waals surface area contributed by atoms with Gasteiger partial charge in [-0.2, -0.15) is 0 Å². The Morgan fingerprint density at radius 1 is 0.471 bits per heavy atom. The Morgan fingerprint density at radius 3 is 1.20 bits per heavy atom. The van der Waals surface area contributed by atoms with E-state index in [9.17, 15) is 0 Å². The molecule has 0 radical (unpaired) electrons. The van der Waals surface area contributed by atoms with Gasteiger partial charge in [-0.25, -0.2) is 0 Å². The molecule has 1 aliphatic carbocycles. The summed E-state index contributed by atoms with van der Waals surface area (Å²) < 4.78 is 0. The predicted molar refractivity (Wildman–Crippen MR) is 216 cm³/mol. The van der Waals surface area contributed by atoms with Crippen LogP contribution in [-0.4, -0.2) is 9.97 Å². The number of aromatic nitrogens is 2. The summed E-state index contributed by atoms with van der Waals surface area (Å²) in [6.07, 6.45) is 11.1. The van der Waals surface area contributed by atoms with Crippen LogP contribution >= 0.6 is 0 Å². The fourth-order valence-corrected chi connectivity index (χ4v) is 8.71. The molecule has 0 saturated carbocycles. The molecule has 0 amide bonds. The monoisotopic (exact) mass is 668 g/mol. The van der Waals surface area contributed by atoms with E-state index in [1.165, 1.54) is 115 Å². The van der Waals surface area contributed by atoms with Gasteiger partial charge < -0.3 is 0 Å². The van der Waals surface area contributed by atoms with Gasteiger partial charge in [0.15, 0.2) is 0 Å². The van der Waals surface area contributed by atoms with Crippen molar-refractivity contribution in [1.82, 2.24) is 9.97 Å². The van der Waals surface area contributed by atoms with Gasteiger partial charge in [0, 0.05) is 23.5 Å². The van der Waals surface area contributed by atoms with Gasteiger partial charge in [0.05, 0.1) is 16.8 Å². The molecular formula is C49H52N2. The number of hydrogen-bond donors (Lipinski definition) is 0. The minimum absolute atomic E-state index is 0.486. The minimum atomic E-state index is -0.486. The molecule has 0 spiro atoms. The lowest BCUT2D eigenvalue weighted by Gasteiger charge is -2.36. The number of unbranched alkanes of at least 4 members (excludes halogenated alkanes) is 2. The van der Waals surface area contributed by atoms with E-state index >= 15 is 0 Å². The average Bonchev–Trinajstić information content (AvgIpc) is 3.39. The number of hydrogen-bond acceptors (Lipinski definition) is 2. The normalized spacial score (nSPS) is 12.9. The standard InChI is InChI=1S/C49H52N2/c1-9-11-13-37-17-21-45(50-29-37)47-33(5)25-39(26-34(47)6)49(43-23-31(3)15-19-41(43)42-20-16-32(4)24-44(42)49)40-27-35(7)48(36(8)28-40)46-22-18-38(30-51-46)14-12-10-2/h15-30H,9-14H2,1-8H3. The van der Waals surface area contributed by atoms with Crippen LogP contribution in [-0.2, 0) is 18.3 Å². The van der Waals surface area contributed by atoms with Crippen molar-refractivity contribution in [3.63, 3.8) is 0 Å². The molecule has 2 heterocycles. The molecule has 0 bridgehead atoms. The highest BCUT2D eigenvalue weighted by atomic mass is 14.7. The lowest BCUT2D eigenvalue weighted by atomic mass is 9.65. The molecule has 0 saturated heterocycles. The van der Waals surface area contributed by atoms with E-state index in [1.807, 2.05) is 0 Å². The molecule has 0 N–H and O–H groups in total. The summed E-state index contributed by atoms with van der Waals surface area (Å²) in [7, 11) is 0. The summed E-state index contributed by atoms with van der Waals surface area (Å²) in [5, 5.41) is 0. The highest BCUT2D eigenvalue weighted by Crippen LogP contribution is 2.57. The second-order valence-corrected chi connectivity index (χ2v) is 15.1. The molecular weight excluding hydrogens is 617 g/mol. The quantitative estimate of drug-likeness (QED) is 0.145. The summed E-state index contributed by atoms with van der Waals surface area (Å²) >= 11 is 0. The molecule has 0 unspecified atom stereocenters. The van der Waals surface area contributed by atoms with Crippen molar-refractivity contribution in [3.05, 3.63) is 164 Å². The van der Waals surface area contributed by atoms with Crippen LogP contribution in [0.25, 0.3) is 33.6 Å². The Morgan fingerprint density at radius 2 is 0.863 bits per heavy atom. The van der Waals surface area contributed by atoms with Crippen LogP contribution in [0.5, 0.6) is 0 Å². The van der Waals surface area contributed by atoms with Crippen molar-refractivity contribution >= 4 is 0 Å². The van der Waals surface area contributed by atoms with Crippen LogP contribution in [0, 0.1) is 41.5 Å². The third-order valence-electron chi connectivity index (χ3n) is 11.2. The number of pyridine rings is 2. The molecule has 0 aliphatic heterocycles. The zero-order valence-corrected chi connectivity index (χ0v) is 31.9. The molecule has 6 aromatic rings. The summed E-state index contributed by atoms with van der Waals surface area (Å²) in [5.74, 6) is 0. The molecule has 258 valence electrons. The lowest BCUT2D eigenvalue weighted by molar-refractivity contribution is 0.762. The Kier molecular flexibility index (Phi) is 9.55. The summed E-state index contributed by atoms with van der Waals surface area (Å²) in [6.45, 7) is 18.0. The summed E-state index contributed by atoms with van der Waals surface area (Å²) in [6, 6.07) is 32.9. The maximum Gasteiger partial charge on any atom is 0.0714 e. The first kappa shape index (κ1) is 34.6. The second kappa shape index (κ2) is 14.1. The first-order valence-electron chi connectivity index (χ1n) is 19.0. The van der Waals surface area contributed by atoms with Gasteiger partial charge in [0.25, 0.3) is 0 Å². The Balaban J connectivity index is 1.45. The Bertz CT molecular complexity index is 2010. The molecule has 1 aliphatic rings. The number of nitrogens with zero attached hydrogens (tertiary/aromatic N) is 2. The van der Waals surface area contributed by atoms with E-state index in [0.29, 0.717) is 0 Å². The molecule has 7 rings (SSSR count). The third-order valence-corrected chi connectivity index (χ3v) is 11.2. The van der Waals surface area contributed by atoms with Gasteiger partial charge in [-0.15, -0.1) is 0 Å². The minimum Gasteiger partial charge on any atom is -0.256 e. The van der Waals surface area contributed by atoms with Gasteiger partial charge in [0.2, 0.25) is 0 Å². The van der Waals surface area contributed by atoms with Gasteiger partial charge in [0.1, 0.15) is 0 Å². The van der Waals surface area contributed by atoms with Crippen molar-refractivity contribution in [2.75, 3.05) is 0 Å². The molecule has 2 aromatic heterocycles. The number of benzene rings is 4. The van der Waals surface area contributed by atoms with E-state index in [0.717, 1.165) is 24.2 Å². The van der Waals surface area contributed by atoms with Crippen molar-refractivity contribution in [2.24, 2.45) is 0 Å². The smallest absolute Gasteiger partial charge is 0.0714 e. The van der Waals surface area contributed by atoms with Crippen LogP contribution in [0.4, 0.5) is 0 Å². The molecule has 0 fully saturated rings. The topological polar surface area (TPSA) is 25.8 Å². The van der Waals surface area contributed by atoms with E-state index in [-0.39, 0.29) is 0 Å². The first-order chi connectivity index (χ1) is 24.6. The van der Waals surface area contributed by atoms with E-state index in [2.05, 4.69) is 153 Å². The highest BCUT2D eigenvalue weighted by molar-refractivity contribution is 5.88. The van der Waals surface area contributed by atoms with Crippen molar-refractivity contribution in [1.29, 1.82) is 0 Å². The summed E-state index contributed by atoms with van der Waals surface area (Å²) in [4.78, 5) is 9.99. The van der Waals surface area contributed by atoms with Crippen molar-refractivity contribution in [3.8, 4) is 33.6 Å². The lowest BCUT2D eigenvalue weighted by Crippen LogP contribution is -2.29. The van der Waals surface area contributed by atoms with Gasteiger partial charge in [-0.1, -0.05) is 111 Å². The van der Waals surface area contributed by atoms with Gasteiger partial charge in [-0.05, 0) is 146 Å². The second-order valence-electron chi connectivity index (χ2n) is 15.1. The van der Waals surface area contributed by atoms with E-state index < -0.39 is 5.41 Å². The molecule has 2 heteroatoms. The van der Waals surface area contributed by atoms with Crippen LogP contribution in [0.1, 0.15) is 106 Å². The first-order valence-corrected chi connectivity index (χ1v) is 19.0. The van der Waals surface area contributed by atoms with Crippen LogP contribution in [0.2, 0.25) is 0 Å². The van der Waals surface area contributed by atoms with Crippen LogP contribution in [0.15, 0.2) is 97.3 Å². The number of aryl methyl sites for hydroxylation is 8. The molecule has 2 nitrogen and oxygen atoms in total. The molecule has 51 heavy (non-hydrogen) atoms. The van der Waals surface area contributed by atoms with Gasteiger partial charge in [-0.3, -0.25) is 9.97 Å². The van der Waals surface area contributed by atoms with Crippen molar-refractivity contribution < 1.29 is 0 Å². The fraction of sp³-hybridized carbons (Fsp3) is 0.306. The Hall–Kier alpha value is -4.82. The zero-order chi connectivity index (χ0) is 35.9. The summed E-state index contributed by atoms with van der Waals surface area (Å²) in [5.41, 5.74) is 22.3. The number of rotatable bonds is 10. The van der Waals surface area contributed by atoms with E-state index in [4.69, 9.17) is 9.97 Å². The average molecular weight is 669 g/mol. The molecule has 4 aromatic carbocycles. The maximum atomic E-state index is 5.00. The van der Waals surface area contributed by atoms with Crippen LogP contribution in [0.3, 0.4) is 0 Å².